The van der Waals surface area contributed by atoms with Gasteiger partial charge < -0.3 is 15.5 Å². The topological polar surface area (TPSA) is 57.3 Å². The highest BCUT2D eigenvalue weighted by Crippen LogP contribution is 2.19. The van der Waals surface area contributed by atoms with Crippen LogP contribution >= 0.6 is 0 Å². The van der Waals surface area contributed by atoms with Crippen LogP contribution in [0.15, 0.2) is 18.3 Å². The lowest BCUT2D eigenvalue weighted by Gasteiger charge is -2.22. The highest BCUT2D eigenvalue weighted by molar-refractivity contribution is 5.92. The minimum absolute atomic E-state index is 0.0184. The summed E-state index contributed by atoms with van der Waals surface area (Å²) < 4.78 is 0. The van der Waals surface area contributed by atoms with Gasteiger partial charge in [-0.3, -0.25) is 4.79 Å². The van der Waals surface area contributed by atoms with Gasteiger partial charge >= 0.3 is 0 Å². The van der Waals surface area contributed by atoms with E-state index in [1.165, 1.54) is 57.8 Å². The molecule has 2 fully saturated rings. The number of hydrogen-bond donors (Lipinski definition) is 2. The molecule has 2 heterocycles. The SMILES string of the molecule is O=C(CNC1CCCCC1)Nc1ccc(N2CCCCCC2)nc1. The molecule has 0 radical (unpaired) electrons. The minimum Gasteiger partial charge on any atom is -0.357 e. The van der Waals surface area contributed by atoms with Gasteiger partial charge in [0, 0.05) is 19.1 Å². The van der Waals surface area contributed by atoms with Crippen molar-refractivity contribution in [1.29, 1.82) is 0 Å². The van der Waals surface area contributed by atoms with Gasteiger partial charge in [-0.2, -0.15) is 0 Å². The largest absolute Gasteiger partial charge is 0.357 e. The summed E-state index contributed by atoms with van der Waals surface area (Å²) in [6.07, 6.45) is 13.2. The zero-order valence-corrected chi connectivity index (χ0v) is 14.6. The maximum Gasteiger partial charge on any atom is 0.238 e. The monoisotopic (exact) mass is 330 g/mol. The van der Waals surface area contributed by atoms with Crippen molar-refractivity contribution in [3.63, 3.8) is 0 Å². The number of amides is 1. The summed E-state index contributed by atoms with van der Waals surface area (Å²) in [4.78, 5) is 19.0. The van der Waals surface area contributed by atoms with Crippen molar-refractivity contribution >= 4 is 17.4 Å². The molecule has 1 amide bonds. The van der Waals surface area contributed by atoms with Crippen LogP contribution in [0.2, 0.25) is 0 Å². The van der Waals surface area contributed by atoms with Gasteiger partial charge in [-0.1, -0.05) is 32.1 Å². The fraction of sp³-hybridized carbons (Fsp3) is 0.684. The highest BCUT2D eigenvalue weighted by atomic mass is 16.1. The summed E-state index contributed by atoms with van der Waals surface area (Å²) in [5, 5.41) is 6.31. The molecule has 5 nitrogen and oxygen atoms in total. The number of nitrogens with zero attached hydrogens (tertiary/aromatic N) is 2. The standard InChI is InChI=1S/C19H30N4O/c24-19(15-20-16-8-4-3-5-9-16)22-17-10-11-18(21-14-17)23-12-6-1-2-7-13-23/h10-11,14,16,20H,1-9,12-13,15H2,(H,22,24). The van der Waals surface area contributed by atoms with Crippen LogP contribution in [0.4, 0.5) is 11.5 Å². The molecule has 2 N–H and O–H groups in total. The predicted molar refractivity (Wildman–Crippen MR) is 98.4 cm³/mol. The summed E-state index contributed by atoms with van der Waals surface area (Å²) >= 11 is 0. The Hall–Kier alpha value is -1.62. The number of anilines is 2. The van der Waals surface area contributed by atoms with E-state index >= 15 is 0 Å². The first kappa shape index (κ1) is 17.2. The Bertz CT molecular complexity index is 503. The zero-order valence-electron chi connectivity index (χ0n) is 14.6. The van der Waals surface area contributed by atoms with Gasteiger partial charge in [0.1, 0.15) is 5.82 Å². The van der Waals surface area contributed by atoms with Gasteiger partial charge in [0.2, 0.25) is 5.91 Å². The lowest BCUT2D eigenvalue weighted by atomic mass is 9.95. The van der Waals surface area contributed by atoms with Crippen LogP contribution in [0.1, 0.15) is 57.8 Å². The molecule has 1 aromatic rings. The number of aromatic nitrogens is 1. The third-order valence-electron chi connectivity index (χ3n) is 5.12. The molecule has 1 saturated carbocycles. The van der Waals surface area contributed by atoms with E-state index < -0.39 is 0 Å². The second-order valence-electron chi connectivity index (χ2n) is 7.07. The Labute approximate surface area is 145 Å². The van der Waals surface area contributed by atoms with Gasteiger partial charge in [-0.05, 0) is 37.8 Å². The van der Waals surface area contributed by atoms with Crippen LogP contribution in [-0.2, 0) is 4.79 Å². The first-order valence-corrected chi connectivity index (χ1v) is 9.55. The van der Waals surface area contributed by atoms with Crippen molar-refractivity contribution in [2.24, 2.45) is 0 Å². The summed E-state index contributed by atoms with van der Waals surface area (Å²) in [6.45, 7) is 2.56. The lowest BCUT2D eigenvalue weighted by Crippen LogP contribution is -2.37. The molecule has 1 aliphatic carbocycles. The lowest BCUT2D eigenvalue weighted by molar-refractivity contribution is -0.115. The van der Waals surface area contributed by atoms with E-state index in [2.05, 4.69) is 20.5 Å². The molecule has 0 unspecified atom stereocenters. The average Bonchev–Trinajstić information content (AvgIpc) is 2.91. The summed E-state index contributed by atoms with van der Waals surface area (Å²) in [5.74, 6) is 1.04. The van der Waals surface area contributed by atoms with Gasteiger partial charge in [0.05, 0.1) is 18.4 Å². The third-order valence-corrected chi connectivity index (χ3v) is 5.12. The molecule has 0 atom stereocenters. The van der Waals surface area contributed by atoms with Crippen molar-refractivity contribution < 1.29 is 4.79 Å². The molecular weight excluding hydrogens is 300 g/mol. The molecule has 1 aliphatic heterocycles. The van der Waals surface area contributed by atoms with Crippen molar-refractivity contribution in [2.45, 2.75) is 63.8 Å². The molecule has 0 spiro atoms. The smallest absolute Gasteiger partial charge is 0.238 e. The molecule has 5 heteroatoms. The van der Waals surface area contributed by atoms with Gasteiger partial charge in [-0.25, -0.2) is 4.98 Å². The number of nitrogens with one attached hydrogen (secondary N) is 2. The Morgan fingerprint density at radius 3 is 2.42 bits per heavy atom. The van der Waals surface area contributed by atoms with Crippen LogP contribution in [0.3, 0.4) is 0 Å². The summed E-state index contributed by atoms with van der Waals surface area (Å²) in [6, 6.07) is 4.49. The first-order valence-electron chi connectivity index (χ1n) is 9.55. The molecule has 24 heavy (non-hydrogen) atoms. The molecule has 3 rings (SSSR count). The molecule has 0 bridgehead atoms. The van der Waals surface area contributed by atoms with Crippen LogP contribution in [0.25, 0.3) is 0 Å². The van der Waals surface area contributed by atoms with Crippen LogP contribution in [0.5, 0.6) is 0 Å². The summed E-state index contributed by atoms with van der Waals surface area (Å²) in [5.41, 5.74) is 0.781. The van der Waals surface area contributed by atoms with Crippen molar-refractivity contribution in [3.05, 3.63) is 18.3 Å². The molecule has 2 aliphatic rings. The second kappa shape index (κ2) is 9.02. The Kier molecular flexibility index (Phi) is 6.47. The molecule has 1 saturated heterocycles. The van der Waals surface area contributed by atoms with Crippen LogP contribution in [0, 0.1) is 0 Å². The zero-order chi connectivity index (χ0) is 16.6. The van der Waals surface area contributed by atoms with E-state index in [1.807, 2.05) is 12.1 Å². The molecule has 0 aromatic carbocycles. The number of hydrogen-bond acceptors (Lipinski definition) is 4. The second-order valence-corrected chi connectivity index (χ2v) is 7.07. The van der Waals surface area contributed by atoms with E-state index in [0.29, 0.717) is 12.6 Å². The van der Waals surface area contributed by atoms with Crippen molar-refractivity contribution in [1.82, 2.24) is 10.3 Å². The molecule has 132 valence electrons. The minimum atomic E-state index is 0.0184. The number of carbonyl (C=O) groups excluding carboxylic acids is 1. The highest BCUT2D eigenvalue weighted by Gasteiger charge is 2.14. The maximum atomic E-state index is 12.1. The van der Waals surface area contributed by atoms with Gasteiger partial charge in [0.15, 0.2) is 0 Å². The average molecular weight is 330 g/mol. The van der Waals surface area contributed by atoms with Crippen molar-refractivity contribution in [2.75, 3.05) is 29.9 Å². The Morgan fingerprint density at radius 1 is 1.04 bits per heavy atom. The predicted octanol–water partition coefficient (Wildman–Crippen LogP) is 3.32. The van der Waals surface area contributed by atoms with E-state index in [-0.39, 0.29) is 5.91 Å². The number of pyridine rings is 1. The van der Waals surface area contributed by atoms with E-state index in [4.69, 9.17) is 0 Å². The van der Waals surface area contributed by atoms with Crippen LogP contribution in [-0.4, -0.2) is 36.6 Å². The van der Waals surface area contributed by atoms with Gasteiger partial charge in [0.25, 0.3) is 0 Å². The number of carbonyl (C=O) groups is 1. The van der Waals surface area contributed by atoms with E-state index in [1.54, 1.807) is 6.20 Å². The van der Waals surface area contributed by atoms with Gasteiger partial charge in [-0.15, -0.1) is 0 Å². The third kappa shape index (κ3) is 5.20. The Morgan fingerprint density at radius 2 is 1.75 bits per heavy atom. The van der Waals surface area contributed by atoms with Crippen LogP contribution < -0.4 is 15.5 Å². The van der Waals surface area contributed by atoms with E-state index in [9.17, 15) is 4.79 Å². The maximum absolute atomic E-state index is 12.1. The van der Waals surface area contributed by atoms with E-state index in [0.717, 1.165) is 24.6 Å². The fourth-order valence-electron chi connectivity index (χ4n) is 3.70. The molecular formula is C19H30N4O. The normalized spacial score (nSPS) is 19.8. The Balaban J connectivity index is 1.45. The quantitative estimate of drug-likeness (QED) is 0.869. The number of rotatable bonds is 5. The fourth-order valence-corrected chi connectivity index (χ4v) is 3.70. The van der Waals surface area contributed by atoms with Crippen molar-refractivity contribution in [3.8, 4) is 0 Å². The molecule has 1 aromatic heterocycles. The first-order chi connectivity index (χ1) is 11.8. The summed E-state index contributed by atoms with van der Waals surface area (Å²) in [7, 11) is 0.